The number of unbranched alkanes of at least 4 members (excludes halogenated alkanes) is 8. The molecular formula is C20H43NO6P+. The minimum absolute atomic E-state index is 0.000491. The summed E-state index contributed by atoms with van der Waals surface area (Å²) in [5.41, 5.74) is 0. The normalized spacial score (nSPS) is 15.4. The van der Waals surface area contributed by atoms with Crippen LogP contribution in [0.2, 0.25) is 0 Å². The topological polar surface area (TPSA) is 93.1 Å². The molecule has 0 aliphatic heterocycles. The molecule has 0 aliphatic rings. The first-order chi connectivity index (χ1) is 13.1. The van der Waals surface area contributed by atoms with Crippen molar-refractivity contribution in [2.24, 2.45) is 0 Å². The molecule has 0 bridgehead atoms. The largest absolute Gasteiger partial charge is 0.472 e. The Balaban J connectivity index is 3.73. The molecule has 0 saturated carbocycles. The third kappa shape index (κ3) is 17.8. The van der Waals surface area contributed by atoms with Crippen molar-refractivity contribution in [3.63, 3.8) is 0 Å². The predicted molar refractivity (Wildman–Crippen MR) is 112 cm³/mol. The number of nitrogens with zero attached hydrogens (tertiary/aromatic N) is 1. The van der Waals surface area contributed by atoms with Gasteiger partial charge in [0.2, 0.25) is 0 Å². The molecule has 0 saturated heterocycles. The lowest BCUT2D eigenvalue weighted by atomic mass is 10.0. The molecule has 0 aromatic rings. The van der Waals surface area contributed by atoms with Gasteiger partial charge in [0.05, 0.1) is 27.7 Å². The van der Waals surface area contributed by atoms with Crippen molar-refractivity contribution < 1.29 is 32.9 Å². The van der Waals surface area contributed by atoms with Crippen molar-refractivity contribution in [2.45, 2.75) is 83.7 Å². The van der Waals surface area contributed by atoms with Crippen LogP contribution in [0.5, 0.6) is 0 Å². The van der Waals surface area contributed by atoms with Gasteiger partial charge in [0.25, 0.3) is 0 Å². The van der Waals surface area contributed by atoms with Crippen molar-refractivity contribution in [1.82, 2.24) is 0 Å². The zero-order valence-electron chi connectivity index (χ0n) is 18.4. The zero-order chi connectivity index (χ0) is 21.5. The number of Topliss-reactive ketones (excluding diaryl/α,β-unsaturated/α-hetero) is 1. The maximum absolute atomic E-state index is 11.9. The number of likely N-dealkylation sites (N-methyl/N-ethyl adjacent to an activating group) is 1. The van der Waals surface area contributed by atoms with E-state index < -0.39 is 13.9 Å². The second-order valence-electron chi connectivity index (χ2n) is 8.50. The summed E-state index contributed by atoms with van der Waals surface area (Å²) in [7, 11) is 1.70. The molecule has 0 fully saturated rings. The van der Waals surface area contributed by atoms with Crippen LogP contribution >= 0.6 is 7.82 Å². The molecule has 7 nitrogen and oxygen atoms in total. The molecule has 0 spiro atoms. The van der Waals surface area contributed by atoms with Gasteiger partial charge in [0, 0.05) is 12.8 Å². The minimum Gasteiger partial charge on any atom is -0.385 e. The van der Waals surface area contributed by atoms with Crippen molar-refractivity contribution in [2.75, 3.05) is 40.9 Å². The van der Waals surface area contributed by atoms with Crippen molar-refractivity contribution in [3.8, 4) is 0 Å². The highest BCUT2D eigenvalue weighted by atomic mass is 31.2. The van der Waals surface area contributed by atoms with Crippen LogP contribution in [0.4, 0.5) is 0 Å². The van der Waals surface area contributed by atoms with E-state index in [1.807, 2.05) is 21.1 Å². The average molecular weight is 425 g/mol. The molecule has 0 radical (unpaired) electrons. The molecule has 0 aromatic carbocycles. The van der Waals surface area contributed by atoms with Gasteiger partial charge in [-0.25, -0.2) is 4.57 Å². The predicted octanol–water partition coefficient (Wildman–Crippen LogP) is 4.07. The standard InChI is InChI=1S/C20H42NO6P/c1-5-6-7-8-9-10-11-12-13-14-19(22)20(23)15-17-26-28(24,25)27-18-16-21(2,3)4/h20,23H,5-18H2,1-4H3/p+1. The molecule has 2 atom stereocenters. The van der Waals surface area contributed by atoms with Gasteiger partial charge in [-0.2, -0.15) is 0 Å². The van der Waals surface area contributed by atoms with Crippen LogP contribution in [0, 0.1) is 0 Å². The van der Waals surface area contributed by atoms with Crippen molar-refractivity contribution in [1.29, 1.82) is 0 Å². The van der Waals surface area contributed by atoms with Crippen LogP contribution in [0.1, 0.15) is 77.6 Å². The van der Waals surface area contributed by atoms with E-state index >= 15 is 0 Å². The van der Waals surface area contributed by atoms with E-state index in [9.17, 15) is 19.4 Å². The first kappa shape index (κ1) is 27.7. The molecule has 0 aliphatic carbocycles. The van der Waals surface area contributed by atoms with Crippen LogP contribution < -0.4 is 0 Å². The number of quaternary nitrogens is 1. The number of carbonyl (C=O) groups is 1. The highest BCUT2D eigenvalue weighted by Gasteiger charge is 2.23. The first-order valence-corrected chi connectivity index (χ1v) is 12.2. The molecule has 8 heteroatoms. The number of ketones is 1. The summed E-state index contributed by atoms with van der Waals surface area (Å²) in [5, 5.41) is 9.88. The molecule has 0 aromatic heterocycles. The summed E-state index contributed by atoms with van der Waals surface area (Å²) >= 11 is 0. The molecule has 2 unspecified atom stereocenters. The number of hydrogen-bond acceptors (Lipinski definition) is 5. The number of hydrogen-bond donors (Lipinski definition) is 2. The highest BCUT2D eigenvalue weighted by Crippen LogP contribution is 2.43. The smallest absolute Gasteiger partial charge is 0.385 e. The van der Waals surface area contributed by atoms with Gasteiger partial charge in [-0.1, -0.05) is 58.3 Å². The van der Waals surface area contributed by atoms with Gasteiger partial charge in [-0.3, -0.25) is 13.8 Å². The fourth-order valence-electron chi connectivity index (χ4n) is 2.68. The third-order valence-corrected chi connectivity index (χ3v) is 5.58. The second-order valence-corrected chi connectivity index (χ2v) is 9.95. The Hall–Kier alpha value is -0.300. The summed E-state index contributed by atoms with van der Waals surface area (Å²) in [5.74, 6) is -0.231. The summed E-state index contributed by atoms with van der Waals surface area (Å²) in [6.07, 6.45) is 9.71. The maximum atomic E-state index is 11.9. The van der Waals surface area contributed by atoms with Crippen LogP contribution in [-0.4, -0.2) is 67.3 Å². The number of aliphatic hydroxyl groups excluding tert-OH is 1. The van der Waals surface area contributed by atoms with Crippen LogP contribution in [0.15, 0.2) is 0 Å². The molecule has 0 heterocycles. The summed E-state index contributed by atoms with van der Waals surface area (Å²) in [4.78, 5) is 21.5. The van der Waals surface area contributed by atoms with Crippen LogP contribution in [0.25, 0.3) is 0 Å². The lowest BCUT2D eigenvalue weighted by Gasteiger charge is -2.24. The van der Waals surface area contributed by atoms with E-state index in [0.29, 0.717) is 17.4 Å². The number of carbonyl (C=O) groups excluding carboxylic acids is 1. The quantitative estimate of drug-likeness (QED) is 0.184. The number of aliphatic hydroxyl groups is 1. The number of phosphoric acid groups is 1. The van der Waals surface area contributed by atoms with Gasteiger partial charge in [-0.05, 0) is 6.42 Å². The summed E-state index contributed by atoms with van der Waals surface area (Å²) in [6.45, 7) is 2.68. The van der Waals surface area contributed by atoms with E-state index in [2.05, 4.69) is 6.92 Å². The Labute approximate surface area is 171 Å². The lowest BCUT2D eigenvalue weighted by molar-refractivity contribution is -0.870. The Bertz CT molecular complexity index is 452. The van der Waals surface area contributed by atoms with Crippen molar-refractivity contribution >= 4 is 13.6 Å². The van der Waals surface area contributed by atoms with Gasteiger partial charge in [0.1, 0.15) is 19.3 Å². The highest BCUT2D eigenvalue weighted by molar-refractivity contribution is 7.47. The van der Waals surface area contributed by atoms with Gasteiger partial charge >= 0.3 is 7.82 Å². The second kappa shape index (κ2) is 15.5. The van der Waals surface area contributed by atoms with Crippen LogP contribution in [0.3, 0.4) is 0 Å². The molecule has 28 heavy (non-hydrogen) atoms. The molecule has 2 N–H and O–H groups in total. The van der Waals surface area contributed by atoms with E-state index in [4.69, 9.17) is 9.05 Å². The monoisotopic (exact) mass is 424 g/mol. The lowest BCUT2D eigenvalue weighted by Crippen LogP contribution is -2.37. The van der Waals surface area contributed by atoms with E-state index in [1.165, 1.54) is 38.5 Å². The number of phosphoric ester groups is 1. The SMILES string of the molecule is CCCCCCCCCCCC(=O)C(O)CCOP(=O)(O)OCC[N+](C)(C)C. The summed E-state index contributed by atoms with van der Waals surface area (Å²) in [6, 6.07) is 0. The minimum atomic E-state index is -4.14. The fourth-order valence-corrected chi connectivity index (χ4v) is 3.41. The average Bonchev–Trinajstić information content (AvgIpc) is 2.58. The molecule has 0 rings (SSSR count). The maximum Gasteiger partial charge on any atom is 0.472 e. The van der Waals surface area contributed by atoms with E-state index in [-0.39, 0.29) is 25.4 Å². The Morgan fingerprint density at radius 3 is 1.96 bits per heavy atom. The first-order valence-electron chi connectivity index (χ1n) is 10.7. The molecule has 0 amide bonds. The third-order valence-electron chi connectivity index (χ3n) is 4.56. The van der Waals surface area contributed by atoms with Crippen molar-refractivity contribution in [3.05, 3.63) is 0 Å². The zero-order valence-corrected chi connectivity index (χ0v) is 19.3. The fraction of sp³-hybridized carbons (Fsp3) is 0.950. The van der Waals surface area contributed by atoms with Gasteiger partial charge in [0.15, 0.2) is 5.78 Å². The Morgan fingerprint density at radius 2 is 1.43 bits per heavy atom. The van der Waals surface area contributed by atoms with Gasteiger partial charge in [-0.15, -0.1) is 0 Å². The van der Waals surface area contributed by atoms with Gasteiger partial charge < -0.3 is 14.5 Å². The Kier molecular flexibility index (Phi) is 15.4. The molecule has 168 valence electrons. The Morgan fingerprint density at radius 1 is 0.929 bits per heavy atom. The molecular weight excluding hydrogens is 381 g/mol. The van der Waals surface area contributed by atoms with E-state index in [0.717, 1.165) is 19.3 Å². The van der Waals surface area contributed by atoms with Crippen LogP contribution in [-0.2, 0) is 18.4 Å². The van der Waals surface area contributed by atoms with E-state index in [1.54, 1.807) is 0 Å². The number of rotatable bonds is 19. The summed E-state index contributed by atoms with van der Waals surface area (Å²) < 4.78 is 22.1.